The zero-order valence-electron chi connectivity index (χ0n) is 14.0. The van der Waals surface area contributed by atoms with Gasteiger partial charge in [0.2, 0.25) is 5.91 Å². The van der Waals surface area contributed by atoms with Gasteiger partial charge in [0.1, 0.15) is 0 Å². The fourth-order valence-electron chi connectivity index (χ4n) is 3.03. The summed E-state index contributed by atoms with van der Waals surface area (Å²) in [5.41, 5.74) is 0.978. The lowest BCUT2D eigenvalue weighted by molar-refractivity contribution is -0.125. The highest BCUT2D eigenvalue weighted by atomic mass is 16.5. The Hall–Kier alpha value is -1.40. The van der Waals surface area contributed by atoms with E-state index in [1.165, 1.54) is 0 Å². The average Bonchev–Trinajstić information content (AvgIpc) is 3.13. The Morgan fingerprint density at radius 1 is 1.55 bits per heavy atom. The predicted octanol–water partition coefficient (Wildman–Crippen LogP) is 1.91. The number of likely N-dealkylation sites (tertiary alicyclic amines) is 1. The number of likely N-dealkylation sites (N-methyl/N-ethyl adjacent to an activating group) is 1. The zero-order valence-corrected chi connectivity index (χ0v) is 14.0. The molecular weight excluding hydrogens is 282 g/mol. The first-order chi connectivity index (χ1) is 10.6. The summed E-state index contributed by atoms with van der Waals surface area (Å²) >= 11 is 0. The lowest BCUT2D eigenvalue weighted by Gasteiger charge is -2.17. The number of hydrogen-bond donors (Lipinski definition) is 1. The lowest BCUT2D eigenvalue weighted by Crippen LogP contribution is -2.41. The predicted molar refractivity (Wildman–Crippen MR) is 83.5 cm³/mol. The average molecular weight is 309 g/mol. The molecule has 1 aliphatic rings. The van der Waals surface area contributed by atoms with Crippen LogP contribution in [0.2, 0.25) is 0 Å². The van der Waals surface area contributed by atoms with Gasteiger partial charge in [0.05, 0.1) is 24.4 Å². The lowest BCUT2D eigenvalue weighted by atomic mass is 9.99. The first kappa shape index (κ1) is 17.0. The van der Waals surface area contributed by atoms with Crippen molar-refractivity contribution in [3.8, 4) is 0 Å². The van der Waals surface area contributed by atoms with Crippen LogP contribution < -0.4 is 5.32 Å². The van der Waals surface area contributed by atoms with Crippen molar-refractivity contribution in [1.82, 2.24) is 15.4 Å². The minimum absolute atomic E-state index is 0.0162. The van der Waals surface area contributed by atoms with Crippen molar-refractivity contribution in [2.24, 2.45) is 0 Å². The monoisotopic (exact) mass is 309 g/mol. The molecule has 2 rings (SSSR count). The molecule has 6 heteroatoms. The molecule has 1 aliphatic heterocycles. The summed E-state index contributed by atoms with van der Waals surface area (Å²) in [4.78, 5) is 14.3. The number of nitrogens with one attached hydrogen (secondary N) is 1. The van der Waals surface area contributed by atoms with Gasteiger partial charge in [-0.05, 0) is 26.3 Å². The van der Waals surface area contributed by atoms with Gasteiger partial charge in [0.15, 0.2) is 5.76 Å². The normalized spacial score (nSPS) is 22.4. The highest BCUT2D eigenvalue weighted by Gasteiger charge is 2.34. The second-order valence-corrected chi connectivity index (χ2v) is 6.00. The Kier molecular flexibility index (Phi) is 5.97. The van der Waals surface area contributed by atoms with Gasteiger partial charge in [-0.15, -0.1) is 0 Å². The molecule has 2 atom stereocenters. The Morgan fingerprint density at radius 2 is 2.27 bits per heavy atom. The highest BCUT2D eigenvalue weighted by Crippen LogP contribution is 2.22. The third kappa shape index (κ3) is 3.87. The van der Waals surface area contributed by atoms with Crippen molar-refractivity contribution < 1.29 is 14.1 Å². The fraction of sp³-hybridized carbons (Fsp3) is 0.750. The molecule has 0 saturated carbocycles. The second-order valence-electron chi connectivity index (χ2n) is 6.00. The summed E-state index contributed by atoms with van der Waals surface area (Å²) in [7, 11) is 3.63. The fourth-order valence-corrected chi connectivity index (χ4v) is 3.03. The van der Waals surface area contributed by atoms with Crippen LogP contribution in [0.5, 0.6) is 0 Å². The zero-order chi connectivity index (χ0) is 16.1. The van der Waals surface area contributed by atoms with Crippen molar-refractivity contribution in [1.29, 1.82) is 0 Å². The van der Waals surface area contributed by atoms with Crippen molar-refractivity contribution >= 4 is 5.91 Å². The largest absolute Gasteiger partial charge is 0.380 e. The summed E-state index contributed by atoms with van der Waals surface area (Å²) in [5.74, 6) is 1.15. The molecule has 0 spiro atoms. The Labute approximate surface area is 132 Å². The summed E-state index contributed by atoms with van der Waals surface area (Å²) < 4.78 is 10.7. The van der Waals surface area contributed by atoms with E-state index in [0.29, 0.717) is 18.2 Å². The number of aromatic nitrogens is 1. The number of ether oxygens (including phenoxy) is 1. The Bertz CT molecular complexity index is 485. The number of nitrogens with zero attached hydrogens (tertiary/aromatic N) is 2. The van der Waals surface area contributed by atoms with E-state index in [0.717, 1.165) is 31.5 Å². The molecule has 1 aromatic heterocycles. The van der Waals surface area contributed by atoms with E-state index in [1.54, 1.807) is 7.11 Å². The molecular formula is C16H27N3O3. The molecule has 124 valence electrons. The number of carbonyl (C=O) groups excluding carboxylic acids is 1. The third-order valence-corrected chi connectivity index (χ3v) is 4.56. The molecule has 1 fully saturated rings. The molecule has 1 aromatic rings. The molecule has 1 amide bonds. The van der Waals surface area contributed by atoms with E-state index in [-0.39, 0.29) is 18.1 Å². The molecule has 1 N–H and O–H groups in total. The van der Waals surface area contributed by atoms with Gasteiger partial charge in [-0.25, -0.2) is 0 Å². The number of hydrogen-bond acceptors (Lipinski definition) is 5. The topological polar surface area (TPSA) is 67.6 Å². The van der Waals surface area contributed by atoms with Crippen molar-refractivity contribution in [2.45, 2.75) is 57.7 Å². The smallest absolute Gasteiger partial charge is 0.237 e. The van der Waals surface area contributed by atoms with Gasteiger partial charge < -0.3 is 14.6 Å². The summed E-state index contributed by atoms with van der Waals surface area (Å²) in [6.45, 7) is 5.46. The Morgan fingerprint density at radius 3 is 2.86 bits per heavy atom. The molecule has 22 heavy (non-hydrogen) atoms. The molecule has 0 aromatic carbocycles. The van der Waals surface area contributed by atoms with Crippen LogP contribution in [0.25, 0.3) is 0 Å². The van der Waals surface area contributed by atoms with Crippen LogP contribution in [0.1, 0.15) is 50.5 Å². The van der Waals surface area contributed by atoms with Gasteiger partial charge in [-0.1, -0.05) is 19.0 Å². The van der Waals surface area contributed by atoms with Gasteiger partial charge in [0.25, 0.3) is 0 Å². The van der Waals surface area contributed by atoms with Crippen LogP contribution >= 0.6 is 0 Å². The Balaban J connectivity index is 1.86. The molecule has 0 unspecified atom stereocenters. The standard InChI is InChI=1S/C16H27N3O3/c1-5-11(6-2)14-7-12(22-18-14)9-17-16(20)15-8-13(21-4)10-19(15)3/h7,11,13,15H,5-6,8-10H2,1-4H3,(H,17,20)/t13-,15-/m0/s1. The van der Waals surface area contributed by atoms with Gasteiger partial charge in [-0.3, -0.25) is 9.69 Å². The molecule has 0 aliphatic carbocycles. The van der Waals surface area contributed by atoms with Crippen LogP contribution in [0, 0.1) is 0 Å². The first-order valence-corrected chi connectivity index (χ1v) is 8.05. The van der Waals surface area contributed by atoms with Crippen LogP contribution in [0.15, 0.2) is 10.6 Å². The summed E-state index contributed by atoms with van der Waals surface area (Å²) in [6.07, 6.45) is 2.95. The van der Waals surface area contributed by atoms with E-state index < -0.39 is 0 Å². The van der Waals surface area contributed by atoms with Gasteiger partial charge >= 0.3 is 0 Å². The van der Waals surface area contributed by atoms with E-state index in [9.17, 15) is 4.79 Å². The maximum atomic E-state index is 12.3. The summed E-state index contributed by atoms with van der Waals surface area (Å²) in [6, 6.07) is 1.82. The molecule has 1 saturated heterocycles. The van der Waals surface area contributed by atoms with E-state index in [2.05, 4.69) is 24.3 Å². The van der Waals surface area contributed by atoms with Crippen LogP contribution in [-0.4, -0.2) is 48.8 Å². The minimum atomic E-state index is -0.133. The van der Waals surface area contributed by atoms with Crippen LogP contribution in [0.4, 0.5) is 0 Å². The minimum Gasteiger partial charge on any atom is -0.380 e. The number of carbonyl (C=O) groups is 1. The van der Waals surface area contributed by atoms with Crippen LogP contribution in [-0.2, 0) is 16.1 Å². The van der Waals surface area contributed by atoms with Gasteiger partial charge in [-0.2, -0.15) is 0 Å². The number of rotatable bonds is 7. The molecule has 6 nitrogen and oxygen atoms in total. The molecule has 2 heterocycles. The number of methoxy groups -OCH3 is 1. The maximum absolute atomic E-state index is 12.3. The van der Waals surface area contributed by atoms with Crippen molar-refractivity contribution in [3.63, 3.8) is 0 Å². The quantitative estimate of drug-likeness (QED) is 0.833. The molecule has 0 bridgehead atoms. The van der Waals surface area contributed by atoms with E-state index >= 15 is 0 Å². The highest BCUT2D eigenvalue weighted by molar-refractivity contribution is 5.82. The molecule has 0 radical (unpaired) electrons. The first-order valence-electron chi connectivity index (χ1n) is 8.05. The van der Waals surface area contributed by atoms with Crippen molar-refractivity contribution in [2.75, 3.05) is 20.7 Å². The SMILES string of the molecule is CCC(CC)c1cc(CNC(=O)[C@@H]2C[C@H](OC)CN2C)on1. The van der Waals surface area contributed by atoms with Crippen molar-refractivity contribution in [3.05, 3.63) is 17.5 Å². The third-order valence-electron chi connectivity index (χ3n) is 4.56. The maximum Gasteiger partial charge on any atom is 0.237 e. The van der Waals surface area contributed by atoms with E-state index in [4.69, 9.17) is 9.26 Å². The second kappa shape index (κ2) is 7.74. The summed E-state index contributed by atoms with van der Waals surface area (Å²) in [5, 5.41) is 7.05. The van der Waals surface area contributed by atoms with Gasteiger partial charge in [0, 0.05) is 25.6 Å². The number of amides is 1. The van der Waals surface area contributed by atoms with Crippen LogP contribution in [0.3, 0.4) is 0 Å². The van der Waals surface area contributed by atoms with E-state index in [1.807, 2.05) is 18.0 Å².